The predicted octanol–water partition coefficient (Wildman–Crippen LogP) is 1.80. The summed E-state index contributed by atoms with van der Waals surface area (Å²) in [5, 5.41) is 9.49. The summed E-state index contributed by atoms with van der Waals surface area (Å²) in [7, 11) is 0. The van der Waals surface area contributed by atoms with Gasteiger partial charge in [0.1, 0.15) is 5.82 Å². The van der Waals surface area contributed by atoms with E-state index >= 15 is 0 Å². The Morgan fingerprint density at radius 1 is 1.23 bits per heavy atom. The van der Waals surface area contributed by atoms with Crippen molar-refractivity contribution in [2.24, 2.45) is 0 Å². The van der Waals surface area contributed by atoms with Crippen LogP contribution in [0.3, 0.4) is 0 Å². The van der Waals surface area contributed by atoms with E-state index in [9.17, 15) is 14.0 Å². The van der Waals surface area contributed by atoms with Crippen LogP contribution in [0.25, 0.3) is 5.65 Å². The van der Waals surface area contributed by atoms with Gasteiger partial charge in [0.15, 0.2) is 11.5 Å². The molecule has 3 aromatic rings. The molecule has 1 aromatic carbocycles. The van der Waals surface area contributed by atoms with Crippen molar-refractivity contribution in [3.63, 3.8) is 0 Å². The molecule has 132 valence electrons. The van der Waals surface area contributed by atoms with Gasteiger partial charge in [0, 0.05) is 19.2 Å². The van der Waals surface area contributed by atoms with Crippen LogP contribution in [-0.2, 0) is 4.79 Å². The summed E-state index contributed by atoms with van der Waals surface area (Å²) in [5.74, 6) is -0.298. The Bertz CT molecular complexity index is 988. The highest BCUT2D eigenvalue weighted by atomic mass is 19.1. The Hall–Kier alpha value is -3.49. The quantitative estimate of drug-likeness (QED) is 0.750. The lowest BCUT2D eigenvalue weighted by Gasteiger charge is -2.17. The van der Waals surface area contributed by atoms with Crippen molar-refractivity contribution in [2.45, 2.75) is 12.5 Å². The minimum atomic E-state index is -0.481. The minimum Gasteiger partial charge on any atom is -0.333 e. The largest absolute Gasteiger partial charge is 0.333 e. The SMILES string of the molecule is O=C(Nc1cnc2cccnn12)NC1CC(=O)N(c2ccccc2F)C1. The number of carbonyl (C=O) groups excluding carboxylic acids is 2. The number of aromatic nitrogens is 3. The molecule has 2 N–H and O–H groups in total. The van der Waals surface area contributed by atoms with Crippen LogP contribution >= 0.6 is 0 Å². The topological polar surface area (TPSA) is 91.6 Å². The van der Waals surface area contributed by atoms with Gasteiger partial charge in [-0.3, -0.25) is 10.1 Å². The Morgan fingerprint density at radius 2 is 2.08 bits per heavy atom. The van der Waals surface area contributed by atoms with Gasteiger partial charge in [-0.1, -0.05) is 12.1 Å². The van der Waals surface area contributed by atoms with Crippen molar-refractivity contribution in [2.75, 3.05) is 16.8 Å². The molecule has 26 heavy (non-hydrogen) atoms. The zero-order valence-corrected chi connectivity index (χ0v) is 13.6. The number of hydrogen-bond acceptors (Lipinski definition) is 4. The van der Waals surface area contributed by atoms with Gasteiger partial charge in [-0.05, 0) is 24.3 Å². The van der Waals surface area contributed by atoms with Gasteiger partial charge in [0.25, 0.3) is 0 Å². The van der Waals surface area contributed by atoms with E-state index in [0.717, 1.165) is 0 Å². The third-order valence-electron chi connectivity index (χ3n) is 4.12. The number of rotatable bonds is 3. The molecule has 0 spiro atoms. The maximum Gasteiger partial charge on any atom is 0.320 e. The Morgan fingerprint density at radius 3 is 2.92 bits per heavy atom. The number of urea groups is 1. The summed E-state index contributed by atoms with van der Waals surface area (Å²) in [6, 6.07) is 8.67. The molecular formula is C17H15FN6O2. The van der Waals surface area contributed by atoms with E-state index in [-0.39, 0.29) is 24.6 Å². The number of amides is 3. The highest BCUT2D eigenvalue weighted by Gasteiger charge is 2.32. The Balaban J connectivity index is 1.42. The van der Waals surface area contributed by atoms with Crippen LogP contribution in [0.4, 0.5) is 20.7 Å². The van der Waals surface area contributed by atoms with Gasteiger partial charge >= 0.3 is 6.03 Å². The van der Waals surface area contributed by atoms with Crippen molar-refractivity contribution in [1.29, 1.82) is 0 Å². The van der Waals surface area contributed by atoms with Crippen LogP contribution in [-0.4, -0.2) is 39.1 Å². The van der Waals surface area contributed by atoms with Crippen molar-refractivity contribution >= 4 is 29.1 Å². The number of anilines is 2. The number of nitrogens with zero attached hydrogens (tertiary/aromatic N) is 4. The molecule has 3 amide bonds. The molecule has 0 aliphatic carbocycles. The summed E-state index contributed by atoms with van der Waals surface area (Å²) < 4.78 is 15.4. The van der Waals surface area contributed by atoms with Crippen LogP contribution in [0.5, 0.6) is 0 Å². The van der Waals surface area contributed by atoms with Crippen molar-refractivity contribution < 1.29 is 14.0 Å². The smallest absolute Gasteiger partial charge is 0.320 e. The predicted molar refractivity (Wildman–Crippen MR) is 92.3 cm³/mol. The molecule has 9 heteroatoms. The van der Waals surface area contributed by atoms with Gasteiger partial charge in [-0.2, -0.15) is 9.61 Å². The first-order valence-corrected chi connectivity index (χ1v) is 8.03. The number of fused-ring (bicyclic) bond motifs is 1. The van der Waals surface area contributed by atoms with E-state index in [0.29, 0.717) is 11.5 Å². The lowest BCUT2D eigenvalue weighted by atomic mass is 10.2. The highest BCUT2D eigenvalue weighted by molar-refractivity contribution is 5.97. The molecular weight excluding hydrogens is 339 g/mol. The molecule has 0 saturated carbocycles. The fraction of sp³-hybridized carbons (Fsp3) is 0.176. The van der Waals surface area contributed by atoms with E-state index in [2.05, 4.69) is 20.7 Å². The molecule has 1 aliphatic rings. The molecule has 1 fully saturated rings. The fourth-order valence-electron chi connectivity index (χ4n) is 2.96. The summed E-state index contributed by atoms with van der Waals surface area (Å²) in [6.45, 7) is 0.207. The number of para-hydroxylation sites is 1. The minimum absolute atomic E-state index is 0.104. The summed E-state index contributed by atoms with van der Waals surface area (Å²) in [6.07, 6.45) is 3.18. The molecule has 0 bridgehead atoms. The van der Waals surface area contributed by atoms with Gasteiger partial charge in [-0.25, -0.2) is 14.2 Å². The van der Waals surface area contributed by atoms with Crippen molar-refractivity contribution in [1.82, 2.24) is 19.9 Å². The lowest BCUT2D eigenvalue weighted by Crippen LogP contribution is -2.40. The monoisotopic (exact) mass is 354 g/mol. The Labute approximate surface area is 147 Å². The van der Waals surface area contributed by atoms with Crippen LogP contribution in [0.15, 0.2) is 48.8 Å². The average molecular weight is 354 g/mol. The second-order valence-corrected chi connectivity index (χ2v) is 5.89. The van der Waals surface area contributed by atoms with E-state index in [1.165, 1.54) is 21.7 Å². The van der Waals surface area contributed by atoms with Gasteiger partial charge < -0.3 is 10.2 Å². The van der Waals surface area contributed by atoms with Gasteiger partial charge in [-0.15, -0.1) is 0 Å². The highest BCUT2D eigenvalue weighted by Crippen LogP contribution is 2.24. The number of imidazole rings is 1. The normalized spacial score (nSPS) is 16.9. The molecule has 3 heterocycles. The first-order chi connectivity index (χ1) is 12.6. The number of halogens is 1. The van der Waals surface area contributed by atoms with Crippen LogP contribution in [0.1, 0.15) is 6.42 Å². The molecule has 1 aliphatic heterocycles. The van der Waals surface area contributed by atoms with Gasteiger partial charge in [0.05, 0.1) is 17.9 Å². The fourth-order valence-corrected chi connectivity index (χ4v) is 2.96. The molecule has 2 aromatic heterocycles. The number of carbonyl (C=O) groups is 2. The van der Waals surface area contributed by atoms with E-state index in [1.807, 2.05) is 0 Å². The molecule has 8 nitrogen and oxygen atoms in total. The molecule has 4 rings (SSSR count). The second-order valence-electron chi connectivity index (χ2n) is 5.89. The number of benzene rings is 1. The molecule has 0 radical (unpaired) electrons. The second kappa shape index (κ2) is 6.43. The van der Waals surface area contributed by atoms with Crippen LogP contribution in [0.2, 0.25) is 0 Å². The zero-order valence-electron chi connectivity index (χ0n) is 13.6. The standard InChI is InChI=1S/C17H15FN6O2/c18-12-4-1-2-5-13(12)23-10-11(8-16(23)25)21-17(26)22-15-9-19-14-6-3-7-20-24(14)15/h1-7,9,11H,8,10H2,(H2,21,22,26). The van der Waals surface area contributed by atoms with E-state index < -0.39 is 17.9 Å². The zero-order chi connectivity index (χ0) is 18.1. The first kappa shape index (κ1) is 16.0. The van der Waals surface area contributed by atoms with E-state index in [1.54, 1.807) is 36.5 Å². The lowest BCUT2D eigenvalue weighted by molar-refractivity contribution is -0.117. The molecule has 1 atom stereocenters. The van der Waals surface area contributed by atoms with E-state index in [4.69, 9.17) is 0 Å². The van der Waals surface area contributed by atoms with Crippen molar-refractivity contribution in [3.05, 3.63) is 54.6 Å². The maximum atomic E-state index is 13.9. The Kier molecular flexibility index (Phi) is 3.96. The molecule has 1 saturated heterocycles. The molecule has 1 unspecified atom stereocenters. The average Bonchev–Trinajstić information content (AvgIpc) is 3.19. The number of nitrogens with one attached hydrogen (secondary N) is 2. The van der Waals surface area contributed by atoms with Crippen LogP contribution < -0.4 is 15.5 Å². The van der Waals surface area contributed by atoms with Gasteiger partial charge in [0.2, 0.25) is 5.91 Å². The third-order valence-corrected chi connectivity index (χ3v) is 4.12. The number of hydrogen-bond donors (Lipinski definition) is 2. The maximum absolute atomic E-state index is 13.9. The summed E-state index contributed by atoms with van der Waals surface area (Å²) in [5.41, 5.74) is 0.817. The van der Waals surface area contributed by atoms with Crippen molar-refractivity contribution in [3.8, 4) is 0 Å². The summed E-state index contributed by atoms with van der Waals surface area (Å²) in [4.78, 5) is 29.9. The third kappa shape index (κ3) is 2.94. The first-order valence-electron chi connectivity index (χ1n) is 8.03. The van der Waals surface area contributed by atoms with Crippen LogP contribution in [0, 0.1) is 5.82 Å². The summed E-state index contributed by atoms with van der Waals surface area (Å²) >= 11 is 0.